The van der Waals surface area contributed by atoms with Crippen molar-refractivity contribution in [1.82, 2.24) is 9.80 Å². The van der Waals surface area contributed by atoms with Crippen LogP contribution in [0.15, 0.2) is 109 Å². The Morgan fingerprint density at radius 2 is 1.65 bits per heavy atom. The molecule has 4 atom stereocenters. The van der Waals surface area contributed by atoms with E-state index in [1.165, 1.54) is 28.2 Å². The number of carbonyl (C=O) groups excluding carboxylic acids is 3. The summed E-state index contributed by atoms with van der Waals surface area (Å²) in [7, 11) is 0. The van der Waals surface area contributed by atoms with Crippen LogP contribution in [0.25, 0.3) is 10.8 Å². The summed E-state index contributed by atoms with van der Waals surface area (Å²) in [6, 6.07) is 23.6. The smallest absolute Gasteiger partial charge is 0.416 e. The van der Waals surface area contributed by atoms with Crippen molar-refractivity contribution in [1.29, 1.82) is 0 Å². The number of fused-ring (bicyclic) bond motifs is 1. The number of halogens is 3. The molecule has 4 aromatic rings. The zero-order chi connectivity index (χ0) is 34.7. The summed E-state index contributed by atoms with van der Waals surface area (Å²) in [5, 5.41) is 1.82. The van der Waals surface area contributed by atoms with E-state index < -0.39 is 53.5 Å². The largest absolute Gasteiger partial charge is 0.462 e. The van der Waals surface area contributed by atoms with Gasteiger partial charge in [0, 0.05) is 19.0 Å². The number of benzene rings is 4. The molecule has 0 aliphatic carbocycles. The molecule has 0 bridgehead atoms. The predicted octanol–water partition coefficient (Wildman–Crippen LogP) is 6.15. The lowest BCUT2D eigenvalue weighted by Gasteiger charge is -2.37. The summed E-state index contributed by atoms with van der Waals surface area (Å²) in [5.74, 6) is -2.67. The van der Waals surface area contributed by atoms with Gasteiger partial charge in [0.15, 0.2) is 0 Å². The number of nitrogens with zero attached hydrogens (tertiary/aromatic N) is 2. The highest BCUT2D eigenvalue weighted by atomic mass is 19.4. The lowest BCUT2D eigenvalue weighted by molar-refractivity contribution is -0.150. The van der Waals surface area contributed by atoms with Gasteiger partial charge in [-0.3, -0.25) is 14.4 Å². The van der Waals surface area contributed by atoms with Gasteiger partial charge < -0.3 is 25.0 Å². The summed E-state index contributed by atoms with van der Waals surface area (Å²) >= 11 is 0. The van der Waals surface area contributed by atoms with Gasteiger partial charge in [-0.1, -0.05) is 84.9 Å². The molecule has 2 N–H and O–H groups in total. The fourth-order valence-corrected chi connectivity index (χ4v) is 6.77. The van der Waals surface area contributed by atoms with E-state index in [4.69, 9.17) is 15.2 Å². The summed E-state index contributed by atoms with van der Waals surface area (Å²) in [6.07, 6.45) is -2.84. The van der Waals surface area contributed by atoms with Gasteiger partial charge in [0.05, 0.1) is 5.56 Å². The van der Waals surface area contributed by atoms with Crippen LogP contribution in [0.3, 0.4) is 0 Å². The molecule has 1 saturated heterocycles. The van der Waals surface area contributed by atoms with E-state index in [2.05, 4.69) is 0 Å². The fraction of sp³-hybridized carbons (Fsp3) is 0.289. The molecule has 0 aromatic heterocycles. The number of alkyl halides is 3. The van der Waals surface area contributed by atoms with Crippen LogP contribution in [0.5, 0.6) is 0 Å². The van der Waals surface area contributed by atoms with Crippen LogP contribution in [-0.2, 0) is 42.9 Å². The third kappa shape index (κ3) is 7.11. The molecule has 11 heteroatoms. The number of nitrogens with two attached hydrogens (primary N) is 1. The maximum absolute atomic E-state index is 14.8. The Balaban J connectivity index is 1.44. The standard InChI is InChI=1S/C38H36F3N3O5/c1-24-17-18-43(32(35(42)45)21-27-13-7-12-26-11-5-6-16-30(26)27)37(47)34(28-14-8-15-29(20-28)38(39,40)41)44(24)36(46)31(33-22-48-23-49-33)19-25-9-3-2-4-10-25/h2-16,20,22,24,31-32,34H,17-19,21,23H2,1H3,(H2,42,45). The molecule has 2 aliphatic rings. The van der Waals surface area contributed by atoms with Crippen LogP contribution < -0.4 is 5.73 Å². The fourth-order valence-electron chi connectivity index (χ4n) is 6.77. The lowest BCUT2D eigenvalue weighted by atomic mass is 9.92. The normalized spacial score (nSPS) is 19.4. The first kappa shape index (κ1) is 33.6. The molecule has 2 heterocycles. The molecule has 0 radical (unpaired) electrons. The quantitative estimate of drug-likeness (QED) is 0.230. The molecule has 4 unspecified atom stereocenters. The van der Waals surface area contributed by atoms with Crippen molar-refractivity contribution in [3.8, 4) is 0 Å². The first-order valence-electron chi connectivity index (χ1n) is 16.1. The van der Waals surface area contributed by atoms with Crippen LogP contribution in [0.2, 0.25) is 0 Å². The van der Waals surface area contributed by atoms with Gasteiger partial charge in [0.1, 0.15) is 30.0 Å². The molecular formula is C38H36F3N3O5. The van der Waals surface area contributed by atoms with Crippen molar-refractivity contribution in [2.75, 3.05) is 13.3 Å². The van der Waals surface area contributed by atoms with Crippen molar-refractivity contribution in [2.45, 2.75) is 50.5 Å². The summed E-state index contributed by atoms with van der Waals surface area (Å²) in [6.45, 7) is 1.70. The van der Waals surface area contributed by atoms with Crippen LogP contribution in [0.4, 0.5) is 13.2 Å². The Bertz CT molecular complexity index is 1870. The van der Waals surface area contributed by atoms with Crippen molar-refractivity contribution in [3.63, 3.8) is 0 Å². The van der Waals surface area contributed by atoms with E-state index in [0.29, 0.717) is 0 Å². The zero-order valence-electron chi connectivity index (χ0n) is 26.8. The van der Waals surface area contributed by atoms with Crippen molar-refractivity contribution >= 4 is 28.5 Å². The Morgan fingerprint density at radius 1 is 0.939 bits per heavy atom. The highest BCUT2D eigenvalue weighted by Gasteiger charge is 2.46. The Hall–Kier alpha value is -5.32. The van der Waals surface area contributed by atoms with Crippen molar-refractivity contribution in [3.05, 3.63) is 131 Å². The van der Waals surface area contributed by atoms with Crippen molar-refractivity contribution < 1.29 is 37.0 Å². The van der Waals surface area contributed by atoms with E-state index in [1.807, 2.05) is 72.8 Å². The third-order valence-electron chi connectivity index (χ3n) is 9.26. The number of hydrogen-bond donors (Lipinski definition) is 1. The van der Waals surface area contributed by atoms with E-state index in [-0.39, 0.29) is 43.9 Å². The predicted molar refractivity (Wildman–Crippen MR) is 176 cm³/mol. The summed E-state index contributed by atoms with van der Waals surface area (Å²) < 4.78 is 53.1. The number of ether oxygens (including phenoxy) is 2. The van der Waals surface area contributed by atoms with Crippen LogP contribution in [-0.4, -0.2) is 52.9 Å². The molecule has 1 fully saturated rings. The summed E-state index contributed by atoms with van der Waals surface area (Å²) in [5.41, 5.74) is 6.58. The Kier molecular flexibility index (Phi) is 9.62. The van der Waals surface area contributed by atoms with E-state index in [9.17, 15) is 27.6 Å². The lowest BCUT2D eigenvalue weighted by Crippen LogP contribution is -2.53. The second-order valence-corrected chi connectivity index (χ2v) is 12.4. The SMILES string of the molecule is CC1CCN(C(Cc2cccc3ccccc23)C(N)=O)C(=O)C(c2cccc(C(F)(F)F)c2)N1C(=O)C(Cc1ccccc1)C1=COCO1. The van der Waals surface area contributed by atoms with E-state index in [0.717, 1.165) is 34.0 Å². The summed E-state index contributed by atoms with van der Waals surface area (Å²) in [4.78, 5) is 45.5. The van der Waals surface area contributed by atoms with Gasteiger partial charge in [0.25, 0.3) is 5.91 Å². The topological polar surface area (TPSA) is 102 Å². The molecule has 49 heavy (non-hydrogen) atoms. The van der Waals surface area contributed by atoms with Crippen LogP contribution in [0.1, 0.15) is 41.6 Å². The minimum atomic E-state index is -4.70. The monoisotopic (exact) mass is 671 g/mol. The van der Waals surface area contributed by atoms with Crippen molar-refractivity contribution in [2.24, 2.45) is 11.7 Å². The Labute approximate surface area is 281 Å². The number of carbonyl (C=O) groups is 3. The molecule has 3 amide bonds. The van der Waals surface area contributed by atoms with E-state index >= 15 is 0 Å². The van der Waals surface area contributed by atoms with Gasteiger partial charge in [-0.25, -0.2) is 0 Å². The minimum Gasteiger partial charge on any atom is -0.462 e. The molecule has 0 saturated carbocycles. The van der Waals surface area contributed by atoms with Crippen LogP contribution >= 0.6 is 0 Å². The molecular weight excluding hydrogens is 635 g/mol. The van der Waals surface area contributed by atoms with Gasteiger partial charge in [-0.05, 0) is 59.4 Å². The highest BCUT2D eigenvalue weighted by molar-refractivity contribution is 5.95. The second kappa shape index (κ2) is 14.0. The molecule has 0 spiro atoms. The second-order valence-electron chi connectivity index (χ2n) is 12.4. The van der Waals surface area contributed by atoms with E-state index in [1.54, 1.807) is 6.92 Å². The first-order chi connectivity index (χ1) is 23.5. The molecule has 6 rings (SSSR count). The number of hydrogen-bond acceptors (Lipinski definition) is 5. The number of rotatable bonds is 9. The first-order valence-corrected chi connectivity index (χ1v) is 16.1. The average Bonchev–Trinajstić information content (AvgIpc) is 3.59. The molecule has 254 valence electrons. The molecule has 4 aromatic carbocycles. The maximum Gasteiger partial charge on any atom is 0.416 e. The molecule has 8 nitrogen and oxygen atoms in total. The maximum atomic E-state index is 14.8. The minimum absolute atomic E-state index is 0.0312. The Morgan fingerprint density at radius 3 is 2.37 bits per heavy atom. The van der Waals surface area contributed by atoms with Gasteiger partial charge >= 0.3 is 6.18 Å². The third-order valence-corrected chi connectivity index (χ3v) is 9.26. The van der Waals surface area contributed by atoms with Gasteiger partial charge in [-0.15, -0.1) is 0 Å². The van der Waals surface area contributed by atoms with Gasteiger partial charge in [0.2, 0.25) is 18.6 Å². The number of amides is 3. The zero-order valence-corrected chi connectivity index (χ0v) is 26.8. The van der Waals surface area contributed by atoms with Crippen LogP contribution in [0, 0.1) is 5.92 Å². The number of primary amides is 1. The highest BCUT2D eigenvalue weighted by Crippen LogP contribution is 2.38. The average molecular weight is 672 g/mol. The van der Waals surface area contributed by atoms with Gasteiger partial charge in [-0.2, -0.15) is 13.2 Å². The molecule has 2 aliphatic heterocycles.